The molecule has 2 nitrogen and oxygen atoms in total. The Labute approximate surface area is 117 Å². The highest BCUT2D eigenvalue weighted by molar-refractivity contribution is 6.76. The van der Waals surface area contributed by atoms with Gasteiger partial charge in [-0.25, -0.2) is 0 Å². The van der Waals surface area contributed by atoms with E-state index in [1.165, 1.54) is 5.57 Å². The van der Waals surface area contributed by atoms with Crippen molar-refractivity contribution in [1.82, 2.24) is 0 Å². The van der Waals surface area contributed by atoms with Gasteiger partial charge < -0.3 is 4.74 Å². The Morgan fingerprint density at radius 1 is 1.59 bits per heavy atom. The second kappa shape index (κ2) is 6.12. The second-order valence-corrected chi connectivity index (χ2v) is 6.58. The summed E-state index contributed by atoms with van der Waals surface area (Å²) >= 11 is 16.5. The largest absolute Gasteiger partial charge is 0.474 e. The van der Waals surface area contributed by atoms with Gasteiger partial charge in [0.25, 0.3) is 3.79 Å². The highest BCUT2D eigenvalue weighted by atomic mass is 35.6. The van der Waals surface area contributed by atoms with Gasteiger partial charge in [-0.3, -0.25) is 5.41 Å². The van der Waals surface area contributed by atoms with Crippen LogP contribution in [-0.4, -0.2) is 16.3 Å². The Morgan fingerprint density at radius 2 is 2.24 bits per heavy atom. The molecule has 0 fully saturated rings. The van der Waals surface area contributed by atoms with Crippen LogP contribution >= 0.6 is 34.8 Å². The maximum absolute atomic E-state index is 7.41. The maximum Gasteiger partial charge on any atom is 0.265 e. The summed E-state index contributed by atoms with van der Waals surface area (Å²) in [5.74, 6) is 0.233. The smallest absolute Gasteiger partial charge is 0.265 e. The van der Waals surface area contributed by atoms with Crippen molar-refractivity contribution in [2.75, 3.05) is 6.61 Å². The fourth-order valence-electron chi connectivity index (χ4n) is 1.71. The second-order valence-electron chi connectivity index (χ2n) is 4.30. The summed E-state index contributed by atoms with van der Waals surface area (Å²) in [6.45, 7) is 6.35. The Bertz CT molecular complexity index is 344. The molecular weight excluding hydrogens is 280 g/mol. The molecule has 0 aromatic carbocycles. The first-order valence-electron chi connectivity index (χ1n) is 5.42. The van der Waals surface area contributed by atoms with Crippen LogP contribution in [0.5, 0.6) is 0 Å². The lowest BCUT2D eigenvalue weighted by atomic mass is 9.86. The fourth-order valence-corrected chi connectivity index (χ4v) is 1.88. The number of rotatable bonds is 3. The monoisotopic (exact) mass is 295 g/mol. The highest BCUT2D eigenvalue weighted by Crippen LogP contribution is 2.30. The van der Waals surface area contributed by atoms with Crippen LogP contribution in [0.1, 0.15) is 26.2 Å². The van der Waals surface area contributed by atoms with Crippen LogP contribution in [0, 0.1) is 11.3 Å². The zero-order chi connectivity index (χ0) is 13.1. The molecule has 1 aliphatic rings. The number of halogens is 3. The van der Waals surface area contributed by atoms with E-state index in [9.17, 15) is 0 Å². The number of ether oxygens (including phenoxy) is 1. The van der Waals surface area contributed by atoms with Gasteiger partial charge in [-0.1, -0.05) is 53.0 Å². The van der Waals surface area contributed by atoms with E-state index in [2.05, 4.69) is 19.6 Å². The Balaban J connectivity index is 2.40. The van der Waals surface area contributed by atoms with E-state index in [0.717, 1.165) is 24.8 Å². The normalized spacial score (nSPS) is 20.7. The fraction of sp³-hybridized carbons (Fsp3) is 0.583. The topological polar surface area (TPSA) is 33.1 Å². The van der Waals surface area contributed by atoms with Gasteiger partial charge in [0.2, 0.25) is 5.90 Å². The molecule has 0 saturated heterocycles. The first-order valence-corrected chi connectivity index (χ1v) is 6.56. The van der Waals surface area contributed by atoms with E-state index < -0.39 is 3.79 Å². The molecule has 0 saturated carbocycles. The summed E-state index contributed by atoms with van der Waals surface area (Å²) in [4.78, 5) is 0. The first kappa shape index (κ1) is 14.9. The van der Waals surface area contributed by atoms with Crippen molar-refractivity contribution in [2.45, 2.75) is 30.0 Å². The first-order chi connectivity index (χ1) is 7.80. The van der Waals surface area contributed by atoms with E-state index in [4.69, 9.17) is 44.9 Å². The third-order valence-electron chi connectivity index (χ3n) is 2.86. The van der Waals surface area contributed by atoms with E-state index in [1.54, 1.807) is 0 Å². The van der Waals surface area contributed by atoms with E-state index in [1.807, 2.05) is 0 Å². The molecule has 0 unspecified atom stereocenters. The molecule has 0 bridgehead atoms. The summed E-state index contributed by atoms with van der Waals surface area (Å²) in [6.07, 6.45) is 5.14. The molecule has 0 radical (unpaired) electrons. The summed E-state index contributed by atoms with van der Waals surface area (Å²) < 4.78 is 3.37. The number of hydrogen-bond donors (Lipinski definition) is 1. The van der Waals surface area contributed by atoms with E-state index >= 15 is 0 Å². The van der Waals surface area contributed by atoms with Crippen LogP contribution in [0.25, 0.3) is 0 Å². The highest BCUT2D eigenvalue weighted by Gasteiger charge is 2.28. The molecule has 1 atom stereocenters. The summed E-state index contributed by atoms with van der Waals surface area (Å²) in [5, 5.41) is 7.41. The molecule has 0 spiro atoms. The lowest BCUT2D eigenvalue weighted by Crippen LogP contribution is -2.22. The van der Waals surface area contributed by atoms with Crippen LogP contribution in [-0.2, 0) is 4.74 Å². The Hall–Kier alpha value is -0.180. The van der Waals surface area contributed by atoms with Crippen LogP contribution in [0.15, 0.2) is 23.8 Å². The van der Waals surface area contributed by atoms with Gasteiger partial charge in [0.1, 0.15) is 6.61 Å². The van der Waals surface area contributed by atoms with Crippen LogP contribution in [0.4, 0.5) is 0 Å². The van der Waals surface area contributed by atoms with Gasteiger partial charge in [-0.05, 0) is 37.7 Å². The van der Waals surface area contributed by atoms with Crippen molar-refractivity contribution in [1.29, 1.82) is 5.41 Å². The molecule has 5 heteroatoms. The zero-order valence-corrected chi connectivity index (χ0v) is 12.0. The van der Waals surface area contributed by atoms with Crippen molar-refractivity contribution in [3.05, 3.63) is 23.8 Å². The molecule has 0 heterocycles. The number of alkyl halides is 3. The van der Waals surface area contributed by atoms with E-state index in [0.29, 0.717) is 12.5 Å². The van der Waals surface area contributed by atoms with Gasteiger partial charge in [-0.2, -0.15) is 0 Å². The Morgan fingerprint density at radius 3 is 2.65 bits per heavy atom. The van der Waals surface area contributed by atoms with Crippen molar-refractivity contribution in [3.8, 4) is 0 Å². The molecule has 1 aliphatic carbocycles. The van der Waals surface area contributed by atoms with Gasteiger partial charge in [0, 0.05) is 0 Å². The Kier molecular flexibility index (Phi) is 5.36. The van der Waals surface area contributed by atoms with Crippen LogP contribution in [0.2, 0.25) is 0 Å². The minimum absolute atomic E-state index is 0.328. The standard InChI is InChI=1S/C12H16Cl3NO/c1-8(2)10-5-3-9(4-6-10)7-17-11(16)12(13,14)15/h3,10,16H,1,4-7H2,2H3/t10-/m1/s1. The van der Waals surface area contributed by atoms with Gasteiger partial charge in [-0.15, -0.1) is 0 Å². The summed E-state index contributed by atoms with van der Waals surface area (Å²) in [5.41, 5.74) is 2.37. The molecule has 96 valence electrons. The van der Waals surface area contributed by atoms with Gasteiger partial charge in [0.15, 0.2) is 0 Å². The molecular formula is C12H16Cl3NO. The average Bonchev–Trinajstić information content (AvgIpc) is 2.25. The molecule has 1 N–H and O–H groups in total. The quantitative estimate of drug-likeness (QED) is 0.349. The van der Waals surface area contributed by atoms with Gasteiger partial charge in [0.05, 0.1) is 0 Å². The SMILES string of the molecule is C=C(C)[C@@H]1CC=C(COC(=N)C(Cl)(Cl)Cl)CC1. The third-order valence-corrected chi connectivity index (χ3v) is 3.38. The molecule has 0 aromatic heterocycles. The zero-order valence-electron chi connectivity index (χ0n) is 9.73. The van der Waals surface area contributed by atoms with E-state index in [-0.39, 0.29) is 5.90 Å². The van der Waals surface area contributed by atoms with Crippen molar-refractivity contribution in [3.63, 3.8) is 0 Å². The van der Waals surface area contributed by atoms with Crippen LogP contribution < -0.4 is 0 Å². The molecule has 0 amide bonds. The maximum atomic E-state index is 7.41. The average molecular weight is 297 g/mol. The van der Waals surface area contributed by atoms with Crippen molar-refractivity contribution >= 4 is 40.7 Å². The predicted octanol–water partition coefficient (Wildman–Crippen LogP) is 4.65. The molecule has 0 aromatic rings. The minimum atomic E-state index is -1.77. The number of allylic oxidation sites excluding steroid dienone is 2. The summed E-state index contributed by atoms with van der Waals surface area (Å²) in [6, 6.07) is 0. The lowest BCUT2D eigenvalue weighted by Gasteiger charge is -2.23. The van der Waals surface area contributed by atoms with Crippen molar-refractivity contribution < 1.29 is 4.74 Å². The molecule has 1 rings (SSSR count). The van der Waals surface area contributed by atoms with Crippen molar-refractivity contribution in [2.24, 2.45) is 5.92 Å². The van der Waals surface area contributed by atoms with Crippen LogP contribution in [0.3, 0.4) is 0 Å². The summed E-state index contributed by atoms with van der Waals surface area (Å²) in [7, 11) is 0. The third kappa shape index (κ3) is 4.90. The number of nitrogens with one attached hydrogen (secondary N) is 1. The van der Waals surface area contributed by atoms with Gasteiger partial charge >= 0.3 is 0 Å². The molecule has 17 heavy (non-hydrogen) atoms. The minimum Gasteiger partial charge on any atom is -0.474 e. The molecule has 0 aliphatic heterocycles. The lowest BCUT2D eigenvalue weighted by molar-refractivity contribution is 0.318. The number of hydrogen-bond acceptors (Lipinski definition) is 2. The predicted molar refractivity (Wildman–Crippen MR) is 74.2 cm³/mol.